The van der Waals surface area contributed by atoms with E-state index in [4.69, 9.17) is 9.97 Å². The third-order valence-electron chi connectivity index (χ3n) is 19.7. The molecule has 1 unspecified atom stereocenters. The Labute approximate surface area is 472 Å². The molecule has 6 fully saturated rings. The number of nitrogens with one attached hydrogen (secondary N) is 2. The van der Waals surface area contributed by atoms with Crippen LogP contribution in [-0.2, 0) is 47.1 Å². The van der Waals surface area contributed by atoms with Crippen molar-refractivity contribution in [2.24, 2.45) is 17.8 Å². The highest BCUT2D eigenvalue weighted by molar-refractivity contribution is 6.11. The van der Waals surface area contributed by atoms with Crippen LogP contribution >= 0.6 is 0 Å². The van der Waals surface area contributed by atoms with E-state index in [1.165, 1.54) is 31.0 Å². The van der Waals surface area contributed by atoms with Gasteiger partial charge in [0.05, 0.1) is 40.6 Å². The van der Waals surface area contributed by atoms with Crippen LogP contribution in [0.2, 0.25) is 0 Å². The van der Waals surface area contributed by atoms with Crippen LogP contribution in [0.15, 0.2) is 73.1 Å². The molecule has 3 aromatic carbocycles. The van der Waals surface area contributed by atoms with Gasteiger partial charge >= 0.3 is 0 Å². The molecule has 2 aliphatic carbocycles. The van der Waals surface area contributed by atoms with Crippen LogP contribution in [0.1, 0.15) is 144 Å². The zero-order valence-corrected chi connectivity index (χ0v) is 46.8. The highest BCUT2D eigenvalue weighted by Crippen LogP contribution is 2.52. The average Bonchev–Trinajstić information content (AvgIpc) is 3.13. The van der Waals surface area contributed by atoms with Gasteiger partial charge in [-0.2, -0.15) is 0 Å². The number of hydrogen-bond donors (Lipinski definition) is 2. The van der Waals surface area contributed by atoms with Crippen LogP contribution in [0.25, 0.3) is 22.3 Å². The number of amides is 6. The minimum Gasteiger partial charge on any atom is -0.342 e. The first-order valence-electron chi connectivity index (χ1n) is 30.1. The van der Waals surface area contributed by atoms with Crippen molar-refractivity contribution < 1.29 is 37.7 Å². The molecule has 1 spiro atoms. The van der Waals surface area contributed by atoms with Crippen molar-refractivity contribution in [1.29, 1.82) is 0 Å². The Morgan fingerprint density at radius 2 is 1.43 bits per heavy atom. The number of rotatable bonds is 9. The van der Waals surface area contributed by atoms with Crippen LogP contribution in [-0.4, -0.2) is 127 Å². The van der Waals surface area contributed by atoms with Crippen molar-refractivity contribution in [2.45, 2.75) is 147 Å². The monoisotopic (exact) mass is 1100 g/mol. The quantitative estimate of drug-likeness (QED) is 0.108. The van der Waals surface area contributed by atoms with Crippen molar-refractivity contribution >= 4 is 69.4 Å². The molecule has 8 aliphatic rings. The number of likely N-dealkylation sites (tertiary alicyclic amines) is 2. The van der Waals surface area contributed by atoms with E-state index < -0.39 is 5.41 Å². The molecule has 0 radical (unpaired) electrons. The zero-order chi connectivity index (χ0) is 55.7. The molecule has 6 aliphatic heterocycles. The molecule has 13 rings (SSSR count). The van der Waals surface area contributed by atoms with Crippen LogP contribution in [0, 0.1) is 23.6 Å². The summed E-state index contributed by atoms with van der Waals surface area (Å²) in [6, 6.07) is 21.0. The fourth-order valence-corrected chi connectivity index (χ4v) is 14.9. The third-order valence-corrected chi connectivity index (χ3v) is 19.7. The van der Waals surface area contributed by atoms with Gasteiger partial charge in [0.25, 0.3) is 0 Å². The largest absolute Gasteiger partial charge is 0.342 e. The number of nitrogens with zero attached hydrogens (tertiary/aromatic N) is 8. The van der Waals surface area contributed by atoms with E-state index >= 15 is 9.18 Å². The van der Waals surface area contributed by atoms with Gasteiger partial charge in [0.1, 0.15) is 24.4 Å². The number of halogens is 1. The number of carbonyl (C=O) groups excluding carboxylic acids is 6. The molecule has 16 nitrogen and oxygen atoms in total. The lowest BCUT2D eigenvalue weighted by Gasteiger charge is -2.42. The van der Waals surface area contributed by atoms with E-state index in [2.05, 4.69) is 58.2 Å². The summed E-state index contributed by atoms with van der Waals surface area (Å²) in [4.78, 5) is 99.7. The normalized spacial score (nSPS) is 24.1. The van der Waals surface area contributed by atoms with Crippen molar-refractivity contribution in [3.8, 4) is 11.3 Å². The fourth-order valence-electron chi connectivity index (χ4n) is 14.9. The number of benzene rings is 3. The number of piperidine rings is 4. The maximum absolute atomic E-state index is 15.3. The van der Waals surface area contributed by atoms with Crippen molar-refractivity contribution in [2.75, 3.05) is 56.0 Å². The molecule has 4 saturated heterocycles. The minimum absolute atomic E-state index is 0.0355. The Bertz CT molecular complexity index is 3380. The summed E-state index contributed by atoms with van der Waals surface area (Å²) >= 11 is 0. The number of aromatic nitrogens is 3. The molecular formula is C64H74FN10O6+. The second kappa shape index (κ2) is 21.5. The zero-order valence-electron chi connectivity index (χ0n) is 46.8. The second-order valence-electron chi connectivity index (χ2n) is 24.8. The molecule has 6 amide bonds. The summed E-state index contributed by atoms with van der Waals surface area (Å²) in [6.07, 6.45) is 13.7. The van der Waals surface area contributed by atoms with Gasteiger partial charge < -0.3 is 29.5 Å². The van der Waals surface area contributed by atoms with Crippen LogP contribution < -0.4 is 15.5 Å². The predicted octanol–water partition coefficient (Wildman–Crippen LogP) is 8.72. The van der Waals surface area contributed by atoms with Gasteiger partial charge in [-0.1, -0.05) is 42.5 Å². The number of pyridine rings is 1. The molecule has 2 N–H and O–H groups in total. The van der Waals surface area contributed by atoms with Gasteiger partial charge in [-0.05, 0) is 131 Å². The topological polar surface area (TPSA) is 173 Å². The first-order chi connectivity index (χ1) is 39.3. The Kier molecular flexibility index (Phi) is 14.1. The van der Waals surface area contributed by atoms with Crippen molar-refractivity contribution in [3.05, 3.63) is 101 Å². The van der Waals surface area contributed by atoms with E-state index in [1.54, 1.807) is 24.5 Å². The van der Waals surface area contributed by atoms with Gasteiger partial charge in [-0.15, -0.1) is 0 Å². The van der Waals surface area contributed by atoms with Gasteiger partial charge in [-0.25, -0.2) is 18.9 Å². The number of hydrogen-bond acceptors (Lipinski definition) is 9. The lowest BCUT2D eigenvalue weighted by Crippen LogP contribution is -2.56. The number of para-hydroxylation sites is 1. The van der Waals surface area contributed by atoms with E-state index in [9.17, 15) is 24.0 Å². The Morgan fingerprint density at radius 1 is 0.741 bits per heavy atom. The summed E-state index contributed by atoms with van der Waals surface area (Å²) in [5.74, 6) is -0.575. The molecule has 17 heteroatoms. The Balaban J connectivity index is 0.648. The maximum Gasteiger partial charge on any atom is 0.238 e. The number of anilines is 3. The summed E-state index contributed by atoms with van der Waals surface area (Å²) in [5.41, 5.74) is 9.09. The lowest BCUT2D eigenvalue weighted by molar-refractivity contribution is -0.541. The molecule has 2 aromatic heterocycles. The maximum atomic E-state index is 15.3. The van der Waals surface area contributed by atoms with E-state index in [0.717, 1.165) is 70.5 Å². The smallest absolute Gasteiger partial charge is 0.238 e. The molecule has 422 valence electrons. The molecule has 2 saturated carbocycles. The molecule has 8 heterocycles. The number of imide groups is 1. The van der Waals surface area contributed by atoms with Gasteiger partial charge in [0.2, 0.25) is 35.4 Å². The first kappa shape index (κ1) is 53.0. The highest BCUT2D eigenvalue weighted by Gasteiger charge is 2.56. The average molecular weight is 1100 g/mol. The second-order valence-corrected chi connectivity index (χ2v) is 24.8. The first-order valence-corrected chi connectivity index (χ1v) is 30.1. The minimum atomic E-state index is -0.763. The van der Waals surface area contributed by atoms with E-state index in [0.29, 0.717) is 127 Å². The van der Waals surface area contributed by atoms with Crippen LogP contribution in [0.3, 0.4) is 0 Å². The highest BCUT2D eigenvalue weighted by atomic mass is 19.1. The summed E-state index contributed by atoms with van der Waals surface area (Å²) in [7, 11) is 0. The predicted molar refractivity (Wildman–Crippen MR) is 305 cm³/mol. The van der Waals surface area contributed by atoms with Crippen molar-refractivity contribution in [1.82, 2.24) is 34.6 Å². The van der Waals surface area contributed by atoms with E-state index in [-0.39, 0.29) is 77.0 Å². The van der Waals surface area contributed by atoms with Gasteiger partial charge in [0, 0.05) is 106 Å². The lowest BCUT2D eigenvalue weighted by atomic mass is 9.73. The standard InChI is InChI=1S/C64H73FN10O6/c1-39(2)74-38-66-54-36-53(68-58(57(54)74)67-52-9-5-4-8-51(52)65)45-16-18-50-55(33-45)75(48-34-47(35-48)70-25-6-3-7-26-70)63(81)64(50)23-30-72(31-24-64)61(79)42-20-27-71(28-21-42)60(78)40-10-12-41(13-11-40)62(80)73-29-22-43-32-44(14-15-46(43)37-73)49-17-19-56(76)69-59(49)77/h4-5,8-9,14-16,18,32-33,36,38-42,48-49H,3,6-7,10-13,17,19-31,34-35,37H2,1-2H3,(H-,67,68,69,76,77)/p+1. The summed E-state index contributed by atoms with van der Waals surface area (Å²) < 4.78 is 19.7. The third kappa shape index (κ3) is 9.79. The summed E-state index contributed by atoms with van der Waals surface area (Å²) in [6.45, 7) is 9.48. The van der Waals surface area contributed by atoms with Crippen molar-refractivity contribution in [3.63, 3.8) is 0 Å². The van der Waals surface area contributed by atoms with Gasteiger partial charge in [-0.3, -0.25) is 34.1 Å². The van der Waals surface area contributed by atoms with Gasteiger partial charge in [0.15, 0.2) is 11.5 Å². The molecule has 1 atom stereocenters. The molecule has 5 aromatic rings. The Hall–Kier alpha value is -7.30. The molecule has 0 bridgehead atoms. The Morgan fingerprint density at radius 3 is 2.14 bits per heavy atom. The molecular weight excluding hydrogens is 1020 g/mol. The summed E-state index contributed by atoms with van der Waals surface area (Å²) in [5, 5.41) is 5.74. The number of fused-ring (bicyclic) bond motifs is 4. The van der Waals surface area contributed by atoms with Crippen LogP contribution in [0.4, 0.5) is 21.6 Å². The molecule has 81 heavy (non-hydrogen) atoms. The fraction of sp³-hybridized carbons (Fsp3) is 0.516. The number of imidazole rings is 1. The number of carbonyl (C=O) groups is 6. The van der Waals surface area contributed by atoms with E-state index in [1.807, 2.05) is 37.5 Å². The van der Waals surface area contributed by atoms with Crippen LogP contribution in [0.5, 0.6) is 0 Å². The SMILES string of the molecule is CC(C)n1cnc2cc(-c3ccc4c(c3)N(C3CC(=[N+]5CCCCC5)C3)C(=O)C43CCN(C(=O)C4CCN(C(=O)C5CCC(C(=O)N6CCc7cc(C8CCC(=O)NC8=O)ccc7C6)CC5)CC4)CC3)nc(Nc3ccccc3F)c21.